The topological polar surface area (TPSA) is 85.8 Å². The summed E-state index contributed by atoms with van der Waals surface area (Å²) in [6, 6.07) is 18.8. The van der Waals surface area contributed by atoms with Crippen molar-refractivity contribution in [1.82, 2.24) is 10.0 Å². The third-order valence-corrected chi connectivity index (χ3v) is 4.33. The monoisotopic (exact) mass is 388 g/mol. The lowest BCUT2D eigenvalue weighted by atomic mass is 10.1. The second-order valence-corrected chi connectivity index (χ2v) is 6.34. The maximum absolute atomic E-state index is 12.2. The number of hydroxylamine groups is 2. The Morgan fingerprint density at radius 3 is 2.14 bits per heavy atom. The number of rotatable bonds is 6. The zero-order valence-corrected chi connectivity index (χ0v) is 15.3. The minimum Gasteiger partial charge on any atom is -0.487 e. The first-order valence-corrected chi connectivity index (χ1v) is 8.92. The number of aromatic nitrogens is 1. The van der Waals surface area contributed by atoms with Crippen LogP contribution in [0.4, 0.5) is 0 Å². The Hall–Kier alpha value is -4.00. The molecule has 0 aliphatic carbocycles. The molecular formula is C22H16N2O5. The van der Waals surface area contributed by atoms with Crippen LogP contribution in [0.5, 0.6) is 5.75 Å². The molecule has 4 rings (SSSR count). The van der Waals surface area contributed by atoms with Crippen molar-refractivity contribution in [1.29, 1.82) is 0 Å². The summed E-state index contributed by atoms with van der Waals surface area (Å²) < 4.78 is 5.65. The smallest absolute Gasteiger partial charge is 0.337 e. The van der Waals surface area contributed by atoms with Crippen LogP contribution < -0.4 is 4.74 Å². The van der Waals surface area contributed by atoms with E-state index in [9.17, 15) is 14.4 Å². The van der Waals surface area contributed by atoms with E-state index in [-0.39, 0.29) is 17.5 Å². The standard InChI is InChI=1S/C22H16N2O5/c25-20(29-24-21(26)18-6-1-2-7-19(18)22(24)27)13-15-8-10-17(11-9-15)28-14-16-5-3-4-12-23-16/h1-12H,13-14H2. The van der Waals surface area contributed by atoms with Crippen LogP contribution in [0.1, 0.15) is 32.0 Å². The molecule has 2 heterocycles. The molecule has 0 N–H and O–H groups in total. The molecule has 2 amide bonds. The van der Waals surface area contributed by atoms with Crippen molar-refractivity contribution in [3.8, 4) is 5.75 Å². The van der Waals surface area contributed by atoms with Crippen molar-refractivity contribution < 1.29 is 24.0 Å². The normalized spacial score (nSPS) is 12.6. The van der Waals surface area contributed by atoms with Crippen LogP contribution in [-0.4, -0.2) is 27.8 Å². The van der Waals surface area contributed by atoms with Gasteiger partial charge in [-0.2, -0.15) is 0 Å². The van der Waals surface area contributed by atoms with Gasteiger partial charge < -0.3 is 9.57 Å². The van der Waals surface area contributed by atoms with E-state index in [2.05, 4.69) is 4.98 Å². The number of ether oxygens (including phenoxy) is 1. The van der Waals surface area contributed by atoms with Gasteiger partial charge in [0.15, 0.2) is 0 Å². The molecule has 144 valence electrons. The summed E-state index contributed by atoms with van der Waals surface area (Å²) in [4.78, 5) is 45.9. The van der Waals surface area contributed by atoms with Crippen molar-refractivity contribution in [2.24, 2.45) is 0 Å². The summed E-state index contributed by atoms with van der Waals surface area (Å²) in [5, 5.41) is 0.511. The third kappa shape index (κ3) is 3.98. The predicted octanol–water partition coefficient (Wildman–Crippen LogP) is 2.96. The van der Waals surface area contributed by atoms with Crippen molar-refractivity contribution in [2.45, 2.75) is 13.0 Å². The molecule has 0 unspecified atom stereocenters. The van der Waals surface area contributed by atoms with Gasteiger partial charge in [0.05, 0.1) is 23.2 Å². The highest BCUT2D eigenvalue weighted by molar-refractivity contribution is 6.20. The maximum atomic E-state index is 12.2. The summed E-state index contributed by atoms with van der Waals surface area (Å²) in [6.45, 7) is 0.335. The summed E-state index contributed by atoms with van der Waals surface area (Å²) >= 11 is 0. The van der Waals surface area contributed by atoms with Crippen LogP contribution in [-0.2, 0) is 22.7 Å². The van der Waals surface area contributed by atoms with Gasteiger partial charge in [0.2, 0.25) is 0 Å². The van der Waals surface area contributed by atoms with Gasteiger partial charge in [-0.05, 0) is 42.0 Å². The lowest BCUT2D eigenvalue weighted by Crippen LogP contribution is -2.33. The number of carbonyl (C=O) groups is 3. The second kappa shape index (κ2) is 7.93. The molecule has 1 aromatic heterocycles. The zero-order valence-electron chi connectivity index (χ0n) is 15.3. The number of hydrogen-bond acceptors (Lipinski definition) is 6. The van der Waals surface area contributed by atoms with Crippen LogP contribution in [0.2, 0.25) is 0 Å². The minimum absolute atomic E-state index is 0.0894. The molecule has 1 aliphatic heterocycles. The van der Waals surface area contributed by atoms with Gasteiger partial charge in [-0.1, -0.05) is 35.4 Å². The van der Waals surface area contributed by atoms with E-state index in [0.717, 1.165) is 5.69 Å². The number of nitrogens with zero attached hydrogens (tertiary/aromatic N) is 2. The minimum atomic E-state index is -0.707. The number of pyridine rings is 1. The van der Waals surface area contributed by atoms with Crippen molar-refractivity contribution in [3.05, 3.63) is 95.3 Å². The van der Waals surface area contributed by atoms with E-state index in [1.54, 1.807) is 42.6 Å². The fraction of sp³-hybridized carbons (Fsp3) is 0.0909. The Kier molecular flexibility index (Phi) is 5.03. The Bertz CT molecular complexity index is 1030. The Morgan fingerprint density at radius 1 is 0.862 bits per heavy atom. The SMILES string of the molecule is O=C(Cc1ccc(OCc2ccccn2)cc1)ON1C(=O)c2ccccc2C1=O. The molecule has 7 nitrogen and oxygen atoms in total. The van der Waals surface area contributed by atoms with E-state index in [1.807, 2.05) is 18.2 Å². The fourth-order valence-corrected chi connectivity index (χ4v) is 2.90. The highest BCUT2D eigenvalue weighted by Crippen LogP contribution is 2.23. The van der Waals surface area contributed by atoms with Crippen LogP contribution >= 0.6 is 0 Å². The van der Waals surface area contributed by atoms with Gasteiger partial charge in [0.1, 0.15) is 12.4 Å². The van der Waals surface area contributed by atoms with Gasteiger partial charge in [0.25, 0.3) is 11.8 Å². The predicted molar refractivity (Wildman–Crippen MR) is 102 cm³/mol. The third-order valence-electron chi connectivity index (χ3n) is 4.33. The first kappa shape index (κ1) is 18.4. The quantitative estimate of drug-likeness (QED) is 0.604. The summed E-state index contributed by atoms with van der Waals surface area (Å²) in [5.41, 5.74) is 1.91. The fourth-order valence-electron chi connectivity index (χ4n) is 2.90. The first-order chi connectivity index (χ1) is 14.1. The molecule has 0 atom stereocenters. The van der Waals surface area contributed by atoms with Crippen molar-refractivity contribution in [2.75, 3.05) is 0 Å². The molecule has 0 saturated carbocycles. The van der Waals surface area contributed by atoms with E-state index in [4.69, 9.17) is 9.57 Å². The average Bonchev–Trinajstić information content (AvgIpc) is 2.99. The molecule has 3 aromatic rings. The van der Waals surface area contributed by atoms with Gasteiger partial charge in [-0.3, -0.25) is 14.6 Å². The molecule has 0 saturated heterocycles. The van der Waals surface area contributed by atoms with E-state index in [0.29, 0.717) is 23.0 Å². The van der Waals surface area contributed by atoms with Crippen molar-refractivity contribution >= 4 is 17.8 Å². The van der Waals surface area contributed by atoms with Gasteiger partial charge in [-0.15, -0.1) is 0 Å². The number of amides is 2. The van der Waals surface area contributed by atoms with Crippen LogP contribution in [0.15, 0.2) is 72.9 Å². The lowest BCUT2D eigenvalue weighted by Gasteiger charge is -2.13. The number of hydrogen-bond donors (Lipinski definition) is 0. The van der Waals surface area contributed by atoms with Crippen molar-refractivity contribution in [3.63, 3.8) is 0 Å². The molecule has 0 bridgehead atoms. The number of imide groups is 1. The molecular weight excluding hydrogens is 372 g/mol. The summed E-state index contributed by atoms with van der Waals surface area (Å²) in [5.74, 6) is -1.36. The van der Waals surface area contributed by atoms with Gasteiger partial charge in [-0.25, -0.2) is 4.79 Å². The lowest BCUT2D eigenvalue weighted by molar-refractivity contribution is -0.167. The van der Waals surface area contributed by atoms with E-state index < -0.39 is 17.8 Å². The number of fused-ring (bicyclic) bond motifs is 1. The second-order valence-electron chi connectivity index (χ2n) is 6.34. The largest absolute Gasteiger partial charge is 0.487 e. The Labute approximate surface area is 166 Å². The molecule has 2 aromatic carbocycles. The Balaban J connectivity index is 1.33. The van der Waals surface area contributed by atoms with Crippen LogP contribution in [0, 0.1) is 0 Å². The number of benzene rings is 2. The molecule has 0 spiro atoms. The van der Waals surface area contributed by atoms with E-state index >= 15 is 0 Å². The van der Waals surface area contributed by atoms with Gasteiger partial charge >= 0.3 is 5.97 Å². The number of carbonyl (C=O) groups excluding carboxylic acids is 3. The van der Waals surface area contributed by atoms with Crippen LogP contribution in [0.3, 0.4) is 0 Å². The molecule has 7 heteroatoms. The summed E-state index contributed by atoms with van der Waals surface area (Å²) in [7, 11) is 0. The van der Waals surface area contributed by atoms with Gasteiger partial charge in [0, 0.05) is 6.20 Å². The molecule has 0 fully saturated rings. The zero-order chi connectivity index (χ0) is 20.2. The molecule has 1 aliphatic rings. The molecule has 29 heavy (non-hydrogen) atoms. The highest BCUT2D eigenvalue weighted by Gasteiger charge is 2.38. The van der Waals surface area contributed by atoms with Crippen LogP contribution in [0.25, 0.3) is 0 Å². The average molecular weight is 388 g/mol. The Morgan fingerprint density at radius 2 is 1.52 bits per heavy atom. The highest BCUT2D eigenvalue weighted by atomic mass is 16.7. The summed E-state index contributed by atoms with van der Waals surface area (Å²) in [6.07, 6.45) is 1.61. The van der Waals surface area contributed by atoms with E-state index in [1.165, 1.54) is 12.1 Å². The molecule has 0 radical (unpaired) electrons. The first-order valence-electron chi connectivity index (χ1n) is 8.92. The maximum Gasteiger partial charge on any atom is 0.337 e.